The SMILES string of the molecule is O=C(c1ccccc1)c1ccccc1[C@@H](O)C(=O)O. The summed E-state index contributed by atoms with van der Waals surface area (Å²) in [6.07, 6.45) is -1.70. The molecule has 0 radical (unpaired) electrons. The van der Waals surface area contributed by atoms with E-state index in [0.717, 1.165) is 0 Å². The van der Waals surface area contributed by atoms with Crippen molar-refractivity contribution < 1.29 is 19.8 Å². The van der Waals surface area contributed by atoms with Gasteiger partial charge in [0, 0.05) is 16.7 Å². The Morgan fingerprint density at radius 2 is 1.47 bits per heavy atom. The van der Waals surface area contributed by atoms with Crippen molar-refractivity contribution in [1.29, 1.82) is 0 Å². The first-order valence-electron chi connectivity index (χ1n) is 5.71. The summed E-state index contributed by atoms with van der Waals surface area (Å²) in [6, 6.07) is 14.7. The lowest BCUT2D eigenvalue weighted by atomic mass is 9.95. The zero-order valence-corrected chi connectivity index (χ0v) is 9.98. The molecule has 0 unspecified atom stereocenters. The molecule has 4 heteroatoms. The summed E-state index contributed by atoms with van der Waals surface area (Å²) >= 11 is 0. The van der Waals surface area contributed by atoms with Crippen LogP contribution in [0.4, 0.5) is 0 Å². The minimum absolute atomic E-state index is 0.101. The van der Waals surface area contributed by atoms with Gasteiger partial charge in [-0.3, -0.25) is 4.79 Å². The maximum Gasteiger partial charge on any atom is 0.337 e. The zero-order valence-electron chi connectivity index (χ0n) is 9.98. The molecule has 0 fully saturated rings. The average Bonchev–Trinajstić information content (AvgIpc) is 2.46. The summed E-state index contributed by atoms with van der Waals surface area (Å²) < 4.78 is 0. The molecule has 0 aliphatic heterocycles. The van der Waals surface area contributed by atoms with Gasteiger partial charge in [-0.15, -0.1) is 0 Å². The van der Waals surface area contributed by atoms with Crippen molar-refractivity contribution in [1.82, 2.24) is 0 Å². The summed E-state index contributed by atoms with van der Waals surface area (Å²) in [7, 11) is 0. The molecule has 2 N–H and O–H groups in total. The van der Waals surface area contributed by atoms with Crippen LogP contribution in [0.1, 0.15) is 27.6 Å². The Bertz CT molecular complexity index is 605. The first kappa shape index (κ1) is 13.0. The molecule has 0 saturated heterocycles. The predicted molar refractivity (Wildman–Crippen MR) is 68.9 cm³/mol. The number of aliphatic hydroxyl groups excluding tert-OH is 1. The second kappa shape index (κ2) is 5.46. The second-order valence-electron chi connectivity index (χ2n) is 4.02. The van der Waals surface area contributed by atoms with Gasteiger partial charge in [0.05, 0.1) is 0 Å². The lowest BCUT2D eigenvalue weighted by Crippen LogP contribution is -2.15. The van der Waals surface area contributed by atoms with Crippen LogP contribution in [0.3, 0.4) is 0 Å². The Morgan fingerprint density at radius 1 is 0.895 bits per heavy atom. The highest BCUT2D eigenvalue weighted by Crippen LogP contribution is 2.21. The molecule has 0 amide bonds. The molecule has 0 aliphatic carbocycles. The number of carboxylic acids is 1. The fraction of sp³-hybridized carbons (Fsp3) is 0.0667. The first-order chi connectivity index (χ1) is 9.11. The highest BCUT2D eigenvalue weighted by Gasteiger charge is 2.22. The van der Waals surface area contributed by atoms with Crippen molar-refractivity contribution in [2.24, 2.45) is 0 Å². The number of aliphatic carboxylic acids is 1. The molecule has 19 heavy (non-hydrogen) atoms. The Kier molecular flexibility index (Phi) is 3.73. The number of carbonyl (C=O) groups excluding carboxylic acids is 1. The van der Waals surface area contributed by atoms with E-state index in [1.54, 1.807) is 42.5 Å². The van der Waals surface area contributed by atoms with E-state index in [0.29, 0.717) is 5.56 Å². The van der Waals surface area contributed by atoms with Crippen LogP contribution in [0.15, 0.2) is 54.6 Å². The molecular formula is C15H12O4. The van der Waals surface area contributed by atoms with Crippen molar-refractivity contribution >= 4 is 11.8 Å². The van der Waals surface area contributed by atoms with Crippen LogP contribution >= 0.6 is 0 Å². The highest BCUT2D eigenvalue weighted by atomic mass is 16.4. The van der Waals surface area contributed by atoms with Crippen LogP contribution < -0.4 is 0 Å². The summed E-state index contributed by atoms with van der Waals surface area (Å²) in [5.41, 5.74) is 0.750. The smallest absolute Gasteiger partial charge is 0.337 e. The van der Waals surface area contributed by atoms with E-state index in [4.69, 9.17) is 5.11 Å². The third-order valence-electron chi connectivity index (χ3n) is 2.77. The summed E-state index contributed by atoms with van der Waals surface area (Å²) in [5, 5.41) is 18.5. The summed E-state index contributed by atoms with van der Waals surface area (Å²) in [4.78, 5) is 23.1. The topological polar surface area (TPSA) is 74.6 Å². The Hall–Kier alpha value is -2.46. The quantitative estimate of drug-likeness (QED) is 0.821. The van der Waals surface area contributed by atoms with Crippen molar-refractivity contribution in [2.75, 3.05) is 0 Å². The van der Waals surface area contributed by atoms with Gasteiger partial charge in [-0.1, -0.05) is 54.6 Å². The van der Waals surface area contributed by atoms with E-state index in [9.17, 15) is 14.7 Å². The standard InChI is InChI=1S/C15H12O4/c16-13(10-6-2-1-3-7-10)11-8-4-5-9-12(11)14(17)15(18)19/h1-9,14,17H,(H,18,19)/t14-/m1/s1. The van der Waals surface area contributed by atoms with Crippen LogP contribution in [0, 0.1) is 0 Å². The molecule has 2 rings (SSSR count). The molecule has 0 heterocycles. The predicted octanol–water partition coefficient (Wildman–Crippen LogP) is 2.04. The average molecular weight is 256 g/mol. The maximum atomic E-state index is 12.3. The molecule has 1 atom stereocenters. The van der Waals surface area contributed by atoms with Gasteiger partial charge in [0.25, 0.3) is 0 Å². The Labute approximate surface area is 109 Å². The van der Waals surface area contributed by atoms with Gasteiger partial charge in [-0.2, -0.15) is 0 Å². The number of benzene rings is 2. The van der Waals surface area contributed by atoms with Gasteiger partial charge in [-0.05, 0) is 0 Å². The normalized spacial score (nSPS) is 11.8. The van der Waals surface area contributed by atoms with Crippen molar-refractivity contribution in [3.8, 4) is 0 Å². The number of hydrogen-bond acceptors (Lipinski definition) is 3. The van der Waals surface area contributed by atoms with E-state index in [1.807, 2.05) is 0 Å². The summed E-state index contributed by atoms with van der Waals surface area (Å²) in [5.74, 6) is -1.69. The molecule has 0 bridgehead atoms. The number of carboxylic acid groups (broad SMARTS) is 1. The molecular weight excluding hydrogens is 244 g/mol. The zero-order chi connectivity index (χ0) is 13.8. The number of hydrogen-bond donors (Lipinski definition) is 2. The minimum atomic E-state index is -1.70. The molecule has 2 aromatic carbocycles. The van der Waals surface area contributed by atoms with Crippen molar-refractivity contribution in [2.45, 2.75) is 6.10 Å². The van der Waals surface area contributed by atoms with Gasteiger partial charge in [0.2, 0.25) is 0 Å². The largest absolute Gasteiger partial charge is 0.479 e. The summed E-state index contributed by atoms with van der Waals surface area (Å²) in [6.45, 7) is 0. The molecule has 2 aromatic rings. The van der Waals surface area contributed by atoms with E-state index in [2.05, 4.69) is 0 Å². The van der Waals surface area contributed by atoms with Gasteiger partial charge >= 0.3 is 5.97 Å². The third-order valence-corrected chi connectivity index (χ3v) is 2.77. The Morgan fingerprint density at radius 3 is 2.11 bits per heavy atom. The first-order valence-corrected chi connectivity index (χ1v) is 5.71. The van der Waals surface area contributed by atoms with Crippen LogP contribution in [-0.2, 0) is 4.79 Å². The molecule has 96 valence electrons. The van der Waals surface area contributed by atoms with Crippen LogP contribution in [0.2, 0.25) is 0 Å². The number of carbonyl (C=O) groups is 2. The van der Waals surface area contributed by atoms with Gasteiger partial charge in [0.15, 0.2) is 11.9 Å². The molecule has 0 aliphatic rings. The lowest BCUT2D eigenvalue weighted by molar-refractivity contribution is -0.146. The number of aliphatic hydroxyl groups is 1. The molecule has 0 spiro atoms. The number of rotatable bonds is 4. The van der Waals surface area contributed by atoms with E-state index in [1.165, 1.54) is 12.1 Å². The van der Waals surface area contributed by atoms with Gasteiger partial charge in [-0.25, -0.2) is 4.79 Å². The monoisotopic (exact) mass is 256 g/mol. The molecule has 0 aromatic heterocycles. The fourth-order valence-electron chi connectivity index (χ4n) is 1.82. The molecule has 4 nitrogen and oxygen atoms in total. The van der Waals surface area contributed by atoms with Crippen LogP contribution in [0.25, 0.3) is 0 Å². The third kappa shape index (κ3) is 2.69. The van der Waals surface area contributed by atoms with Gasteiger partial charge in [0.1, 0.15) is 0 Å². The minimum Gasteiger partial charge on any atom is -0.479 e. The Balaban J connectivity index is 2.46. The fourth-order valence-corrected chi connectivity index (χ4v) is 1.82. The van der Waals surface area contributed by atoms with E-state index >= 15 is 0 Å². The lowest BCUT2D eigenvalue weighted by Gasteiger charge is -2.11. The van der Waals surface area contributed by atoms with Gasteiger partial charge < -0.3 is 10.2 Å². The van der Waals surface area contributed by atoms with Crippen molar-refractivity contribution in [3.63, 3.8) is 0 Å². The van der Waals surface area contributed by atoms with Crippen molar-refractivity contribution in [3.05, 3.63) is 71.3 Å². The van der Waals surface area contributed by atoms with Crippen LogP contribution in [-0.4, -0.2) is 22.0 Å². The number of ketones is 1. The maximum absolute atomic E-state index is 12.3. The van der Waals surface area contributed by atoms with Crippen LogP contribution in [0.5, 0.6) is 0 Å². The van der Waals surface area contributed by atoms with E-state index in [-0.39, 0.29) is 16.9 Å². The highest BCUT2D eigenvalue weighted by molar-refractivity contribution is 6.10. The molecule has 0 saturated carbocycles. The second-order valence-corrected chi connectivity index (χ2v) is 4.02. The van der Waals surface area contributed by atoms with E-state index < -0.39 is 12.1 Å².